The Morgan fingerprint density at radius 3 is 2.19 bits per heavy atom. The van der Waals surface area contributed by atoms with Crippen LogP contribution in [0, 0.1) is 0 Å². The summed E-state index contributed by atoms with van der Waals surface area (Å²) in [4.78, 5) is 2.63. The quantitative estimate of drug-likeness (QED) is 0.247. The van der Waals surface area contributed by atoms with Gasteiger partial charge in [0.05, 0.1) is 14.2 Å². The monoisotopic (exact) mass is 493 g/mol. The molecule has 0 N–H and O–H groups in total. The molecule has 0 amide bonds. The fourth-order valence-corrected chi connectivity index (χ4v) is 5.39. The molecule has 37 heavy (non-hydrogen) atoms. The van der Waals surface area contributed by atoms with E-state index in [4.69, 9.17) is 14.2 Å². The van der Waals surface area contributed by atoms with Crippen molar-refractivity contribution in [2.75, 3.05) is 20.8 Å². The van der Waals surface area contributed by atoms with Crippen molar-refractivity contribution >= 4 is 0 Å². The van der Waals surface area contributed by atoms with Gasteiger partial charge in [0.25, 0.3) is 0 Å². The lowest BCUT2D eigenvalue weighted by Gasteiger charge is -2.42. The Morgan fingerprint density at radius 1 is 0.784 bits per heavy atom. The van der Waals surface area contributed by atoms with Crippen LogP contribution in [-0.2, 0) is 19.4 Å². The van der Waals surface area contributed by atoms with Crippen LogP contribution in [0.4, 0.5) is 0 Å². The molecule has 1 heterocycles. The van der Waals surface area contributed by atoms with Gasteiger partial charge in [-0.05, 0) is 71.8 Å². The van der Waals surface area contributed by atoms with Crippen molar-refractivity contribution < 1.29 is 14.2 Å². The summed E-state index contributed by atoms with van der Waals surface area (Å²) in [5, 5.41) is 0. The van der Waals surface area contributed by atoms with E-state index in [9.17, 15) is 0 Å². The standard InChI is InChI=1S/C33H35NO3/c1-24(27-14-8-5-9-15-27)34-18-17-28-21-32(35-2)33(36-3)22-30(28)31(34)20-26-13-10-16-29(19-26)37-23-25-11-6-4-7-12-25/h4-16,19,21-22,24,31H,17-18,20,23H2,1-3H3. The smallest absolute Gasteiger partial charge is 0.161 e. The maximum Gasteiger partial charge on any atom is 0.161 e. The van der Waals surface area contributed by atoms with Gasteiger partial charge < -0.3 is 14.2 Å². The minimum Gasteiger partial charge on any atom is -0.493 e. The van der Waals surface area contributed by atoms with Crippen molar-refractivity contribution in [1.82, 2.24) is 4.90 Å². The number of methoxy groups -OCH3 is 2. The van der Waals surface area contributed by atoms with Gasteiger partial charge in [0, 0.05) is 18.6 Å². The summed E-state index contributed by atoms with van der Waals surface area (Å²) in [7, 11) is 3.41. The van der Waals surface area contributed by atoms with Crippen LogP contribution in [0.15, 0.2) is 97.1 Å². The van der Waals surface area contributed by atoms with E-state index in [1.54, 1.807) is 14.2 Å². The number of ether oxygens (including phenoxy) is 3. The minimum absolute atomic E-state index is 0.197. The van der Waals surface area contributed by atoms with E-state index < -0.39 is 0 Å². The Bertz CT molecular complexity index is 1310. The lowest BCUT2D eigenvalue weighted by molar-refractivity contribution is 0.131. The van der Waals surface area contributed by atoms with E-state index in [0.717, 1.165) is 42.2 Å². The highest BCUT2D eigenvalue weighted by Crippen LogP contribution is 2.42. The van der Waals surface area contributed by atoms with Crippen LogP contribution in [-0.4, -0.2) is 25.7 Å². The normalized spacial score (nSPS) is 16.0. The zero-order chi connectivity index (χ0) is 25.6. The molecular weight excluding hydrogens is 458 g/mol. The molecule has 4 aromatic rings. The van der Waals surface area contributed by atoms with Crippen LogP contribution in [0.25, 0.3) is 0 Å². The molecule has 0 aromatic heterocycles. The minimum atomic E-state index is 0.197. The Hall–Kier alpha value is -3.76. The van der Waals surface area contributed by atoms with E-state index in [-0.39, 0.29) is 12.1 Å². The van der Waals surface area contributed by atoms with Gasteiger partial charge in [-0.1, -0.05) is 72.8 Å². The highest BCUT2D eigenvalue weighted by molar-refractivity contribution is 5.50. The SMILES string of the molecule is COc1cc2c(cc1OC)C(Cc1cccc(OCc3ccccc3)c1)N(C(C)c1ccccc1)CC2. The average Bonchev–Trinajstić information content (AvgIpc) is 2.96. The zero-order valence-electron chi connectivity index (χ0n) is 21.9. The molecule has 0 spiro atoms. The van der Waals surface area contributed by atoms with E-state index in [1.807, 2.05) is 24.3 Å². The molecule has 2 atom stereocenters. The largest absolute Gasteiger partial charge is 0.493 e. The Kier molecular flexibility index (Phi) is 7.76. The Morgan fingerprint density at radius 2 is 1.46 bits per heavy atom. The lowest BCUT2D eigenvalue weighted by atomic mass is 9.86. The number of hydrogen-bond acceptors (Lipinski definition) is 4. The molecule has 4 heteroatoms. The molecule has 0 saturated carbocycles. The molecule has 190 valence electrons. The third-order valence-corrected chi connectivity index (χ3v) is 7.40. The molecule has 5 rings (SSSR count). The molecular formula is C33H35NO3. The highest BCUT2D eigenvalue weighted by atomic mass is 16.5. The third-order valence-electron chi connectivity index (χ3n) is 7.40. The molecule has 2 unspecified atom stereocenters. The first kappa shape index (κ1) is 24.9. The van der Waals surface area contributed by atoms with Gasteiger partial charge in [0.15, 0.2) is 11.5 Å². The molecule has 0 aliphatic carbocycles. The van der Waals surface area contributed by atoms with Gasteiger partial charge in [0.2, 0.25) is 0 Å². The lowest BCUT2D eigenvalue weighted by Crippen LogP contribution is -2.38. The Balaban J connectivity index is 1.46. The molecule has 0 fully saturated rings. The maximum absolute atomic E-state index is 6.15. The van der Waals surface area contributed by atoms with Crippen molar-refractivity contribution in [3.8, 4) is 17.2 Å². The van der Waals surface area contributed by atoms with Crippen molar-refractivity contribution in [1.29, 1.82) is 0 Å². The third kappa shape index (κ3) is 5.65. The number of hydrogen-bond donors (Lipinski definition) is 0. The van der Waals surface area contributed by atoms with Crippen molar-refractivity contribution in [3.05, 3.63) is 125 Å². The van der Waals surface area contributed by atoms with Gasteiger partial charge in [0.1, 0.15) is 12.4 Å². The second kappa shape index (κ2) is 11.5. The van der Waals surface area contributed by atoms with Gasteiger partial charge in [-0.25, -0.2) is 0 Å². The van der Waals surface area contributed by atoms with Crippen molar-refractivity contribution in [2.24, 2.45) is 0 Å². The second-order valence-electron chi connectivity index (χ2n) is 9.62. The van der Waals surface area contributed by atoms with Crippen molar-refractivity contribution in [2.45, 2.75) is 38.5 Å². The fraction of sp³-hybridized carbons (Fsp3) is 0.273. The van der Waals surface area contributed by atoms with E-state index in [0.29, 0.717) is 6.61 Å². The topological polar surface area (TPSA) is 30.9 Å². The predicted molar refractivity (Wildman–Crippen MR) is 148 cm³/mol. The van der Waals surface area contributed by atoms with Gasteiger partial charge in [-0.2, -0.15) is 0 Å². The van der Waals surface area contributed by atoms with Crippen LogP contribution in [0.3, 0.4) is 0 Å². The summed E-state index contributed by atoms with van der Waals surface area (Å²) < 4.78 is 17.5. The van der Waals surface area contributed by atoms with Gasteiger partial charge >= 0.3 is 0 Å². The van der Waals surface area contributed by atoms with Crippen molar-refractivity contribution in [3.63, 3.8) is 0 Å². The van der Waals surface area contributed by atoms with E-state index in [1.165, 1.54) is 22.3 Å². The summed E-state index contributed by atoms with van der Waals surface area (Å²) in [5.74, 6) is 2.47. The zero-order valence-corrected chi connectivity index (χ0v) is 21.9. The summed E-state index contributed by atoms with van der Waals surface area (Å²) in [6.45, 7) is 3.85. The van der Waals surface area contributed by atoms with Gasteiger partial charge in [-0.3, -0.25) is 4.90 Å². The van der Waals surface area contributed by atoms with Gasteiger partial charge in [-0.15, -0.1) is 0 Å². The highest BCUT2D eigenvalue weighted by Gasteiger charge is 2.32. The van der Waals surface area contributed by atoms with Crippen LogP contribution in [0.1, 0.15) is 46.8 Å². The molecule has 1 aliphatic rings. The summed E-state index contributed by atoms with van der Waals surface area (Å²) >= 11 is 0. The molecule has 4 nitrogen and oxygen atoms in total. The first-order chi connectivity index (χ1) is 18.2. The van der Waals surface area contributed by atoms with Crippen LogP contribution < -0.4 is 14.2 Å². The molecule has 4 aromatic carbocycles. The van der Waals surface area contributed by atoms with Crippen LogP contribution in [0.5, 0.6) is 17.2 Å². The molecule has 0 bridgehead atoms. The number of benzene rings is 4. The number of nitrogens with zero attached hydrogens (tertiary/aromatic N) is 1. The first-order valence-electron chi connectivity index (χ1n) is 13.0. The molecule has 1 aliphatic heterocycles. The number of fused-ring (bicyclic) bond motifs is 1. The predicted octanol–water partition coefficient (Wildman–Crippen LogP) is 7.19. The number of rotatable bonds is 9. The first-order valence-corrected chi connectivity index (χ1v) is 13.0. The van der Waals surface area contributed by atoms with Crippen LogP contribution in [0.2, 0.25) is 0 Å². The maximum atomic E-state index is 6.15. The second-order valence-corrected chi connectivity index (χ2v) is 9.62. The Labute approximate surface area is 220 Å². The summed E-state index contributed by atoms with van der Waals surface area (Å²) in [6.07, 6.45) is 1.85. The fourth-order valence-electron chi connectivity index (χ4n) is 5.39. The summed E-state index contributed by atoms with van der Waals surface area (Å²) in [6, 6.07) is 34.4. The molecule has 0 radical (unpaired) electrons. The van der Waals surface area contributed by atoms with E-state index >= 15 is 0 Å². The van der Waals surface area contributed by atoms with Crippen LogP contribution >= 0.6 is 0 Å². The average molecular weight is 494 g/mol. The molecule has 0 saturated heterocycles. The van der Waals surface area contributed by atoms with E-state index in [2.05, 4.69) is 84.6 Å². The summed E-state index contributed by atoms with van der Waals surface area (Å²) in [5.41, 5.74) is 6.38.